The van der Waals surface area contributed by atoms with E-state index in [1.54, 1.807) is 0 Å². The van der Waals surface area contributed by atoms with Gasteiger partial charge in [0.2, 0.25) is 0 Å². The number of nitrogens with zero attached hydrogens (tertiary/aromatic N) is 1. The molecule has 0 aromatic rings. The molecule has 0 amide bonds. The van der Waals surface area contributed by atoms with Crippen molar-refractivity contribution < 1.29 is 8.42 Å². The first-order chi connectivity index (χ1) is 7.31. The van der Waals surface area contributed by atoms with Gasteiger partial charge in [-0.3, -0.25) is 4.90 Å². The summed E-state index contributed by atoms with van der Waals surface area (Å²) in [5, 5.41) is 0. The summed E-state index contributed by atoms with van der Waals surface area (Å²) < 4.78 is 23.2. The molecule has 98 valence electrons. The molecule has 0 saturated heterocycles. The highest BCUT2D eigenvalue weighted by atomic mass is 32.2. The van der Waals surface area contributed by atoms with Crippen LogP contribution < -0.4 is 5.73 Å². The molecule has 0 bridgehead atoms. The Kier molecular flexibility index (Phi) is 6.51. The van der Waals surface area contributed by atoms with E-state index in [1.165, 1.54) is 0 Å². The third-order valence-electron chi connectivity index (χ3n) is 3.38. The number of nitrogens with two attached hydrogens (primary N) is 1. The van der Waals surface area contributed by atoms with E-state index in [1.807, 2.05) is 14.0 Å². The van der Waals surface area contributed by atoms with E-state index in [2.05, 4.69) is 18.7 Å². The minimum Gasteiger partial charge on any atom is -0.329 e. The predicted molar refractivity (Wildman–Crippen MR) is 69.3 cm³/mol. The number of hydrogen-bond acceptors (Lipinski definition) is 4. The first-order valence-electron chi connectivity index (χ1n) is 5.93. The highest BCUT2D eigenvalue weighted by molar-refractivity contribution is 7.91. The van der Waals surface area contributed by atoms with Crippen molar-refractivity contribution in [2.45, 2.75) is 39.2 Å². The highest BCUT2D eigenvalue weighted by Gasteiger charge is 2.26. The molecule has 0 aliphatic rings. The standard InChI is InChI=1S/C11H26N2O2S/c1-5-8-16(14,15)9-7-13(4)11(3,6-2)10-12/h5-10,12H2,1-4H3. The van der Waals surface area contributed by atoms with Crippen LogP contribution in [0.25, 0.3) is 0 Å². The SMILES string of the molecule is CCCS(=O)(=O)CCN(C)C(C)(CC)CN. The predicted octanol–water partition coefficient (Wildman–Crippen LogP) is 0.870. The van der Waals surface area contributed by atoms with Gasteiger partial charge >= 0.3 is 0 Å². The molecule has 0 aromatic heterocycles. The van der Waals surface area contributed by atoms with E-state index in [9.17, 15) is 8.42 Å². The molecule has 0 aliphatic carbocycles. The molecule has 0 spiro atoms. The zero-order valence-corrected chi connectivity index (χ0v) is 11.8. The number of rotatable bonds is 8. The molecule has 0 aromatic carbocycles. The van der Waals surface area contributed by atoms with Gasteiger partial charge in [-0.2, -0.15) is 0 Å². The van der Waals surface area contributed by atoms with Crippen molar-refractivity contribution in [1.29, 1.82) is 0 Å². The Bertz CT molecular complexity index is 284. The minimum absolute atomic E-state index is 0.0955. The van der Waals surface area contributed by atoms with Gasteiger partial charge in [0.1, 0.15) is 0 Å². The normalized spacial score (nSPS) is 16.4. The van der Waals surface area contributed by atoms with Gasteiger partial charge in [-0.1, -0.05) is 13.8 Å². The van der Waals surface area contributed by atoms with Crippen LogP contribution in [0.2, 0.25) is 0 Å². The molecule has 5 heteroatoms. The summed E-state index contributed by atoms with van der Waals surface area (Å²) in [5.74, 6) is 0.513. The van der Waals surface area contributed by atoms with Gasteiger partial charge in [0.25, 0.3) is 0 Å². The van der Waals surface area contributed by atoms with Crippen LogP contribution in [0.4, 0.5) is 0 Å². The molecule has 0 heterocycles. The van der Waals surface area contributed by atoms with Crippen molar-refractivity contribution in [2.75, 3.05) is 31.6 Å². The molecular formula is C11H26N2O2S. The van der Waals surface area contributed by atoms with Crippen molar-refractivity contribution in [3.63, 3.8) is 0 Å². The van der Waals surface area contributed by atoms with Crippen molar-refractivity contribution in [1.82, 2.24) is 4.90 Å². The third kappa shape index (κ3) is 4.80. The average molecular weight is 250 g/mol. The number of likely N-dealkylation sites (N-methyl/N-ethyl adjacent to an activating group) is 1. The smallest absolute Gasteiger partial charge is 0.151 e. The Morgan fingerprint density at radius 1 is 1.25 bits per heavy atom. The summed E-state index contributed by atoms with van der Waals surface area (Å²) in [6.07, 6.45) is 1.61. The maximum absolute atomic E-state index is 11.6. The number of hydrogen-bond donors (Lipinski definition) is 1. The fourth-order valence-corrected chi connectivity index (χ4v) is 2.91. The van der Waals surface area contributed by atoms with Crippen LogP contribution in [0.3, 0.4) is 0 Å². The van der Waals surface area contributed by atoms with Crippen molar-refractivity contribution in [2.24, 2.45) is 5.73 Å². The van der Waals surface area contributed by atoms with Gasteiger partial charge in [-0.05, 0) is 26.8 Å². The summed E-state index contributed by atoms with van der Waals surface area (Å²) in [5.41, 5.74) is 5.63. The van der Waals surface area contributed by atoms with Crippen LogP contribution in [-0.4, -0.2) is 50.5 Å². The molecule has 0 aliphatic heterocycles. The van der Waals surface area contributed by atoms with E-state index < -0.39 is 9.84 Å². The van der Waals surface area contributed by atoms with Crippen LogP contribution in [0.15, 0.2) is 0 Å². The fraction of sp³-hybridized carbons (Fsp3) is 1.00. The van der Waals surface area contributed by atoms with E-state index >= 15 is 0 Å². The largest absolute Gasteiger partial charge is 0.329 e. The summed E-state index contributed by atoms with van der Waals surface area (Å²) >= 11 is 0. The van der Waals surface area contributed by atoms with E-state index in [4.69, 9.17) is 5.73 Å². The summed E-state index contributed by atoms with van der Waals surface area (Å²) in [6, 6.07) is 0. The molecule has 0 fully saturated rings. The average Bonchev–Trinajstić information content (AvgIpc) is 2.24. The minimum atomic E-state index is -2.89. The fourth-order valence-electron chi connectivity index (χ4n) is 1.53. The number of sulfone groups is 1. The Balaban J connectivity index is 4.31. The maximum atomic E-state index is 11.6. The van der Waals surface area contributed by atoms with Crippen molar-refractivity contribution >= 4 is 9.84 Å². The molecule has 16 heavy (non-hydrogen) atoms. The molecule has 2 N–H and O–H groups in total. The second kappa shape index (κ2) is 6.57. The monoisotopic (exact) mass is 250 g/mol. The molecule has 0 radical (unpaired) electrons. The topological polar surface area (TPSA) is 63.4 Å². The highest BCUT2D eigenvalue weighted by Crippen LogP contribution is 2.15. The Morgan fingerprint density at radius 3 is 2.19 bits per heavy atom. The Labute approximate surface area is 100 Å². The lowest BCUT2D eigenvalue weighted by molar-refractivity contribution is 0.148. The lowest BCUT2D eigenvalue weighted by atomic mass is 9.97. The van der Waals surface area contributed by atoms with Crippen molar-refractivity contribution in [3.05, 3.63) is 0 Å². The van der Waals surface area contributed by atoms with Crippen LogP contribution in [-0.2, 0) is 9.84 Å². The molecule has 0 rings (SSSR count). The first kappa shape index (κ1) is 15.9. The molecular weight excluding hydrogens is 224 g/mol. The van der Waals surface area contributed by atoms with Gasteiger partial charge in [0, 0.05) is 24.4 Å². The van der Waals surface area contributed by atoms with E-state index in [0.29, 0.717) is 19.5 Å². The van der Waals surface area contributed by atoms with Crippen LogP contribution in [0.5, 0.6) is 0 Å². The second-order valence-electron chi connectivity index (χ2n) is 4.63. The summed E-state index contributed by atoms with van der Waals surface area (Å²) in [4.78, 5) is 2.06. The molecule has 1 atom stereocenters. The van der Waals surface area contributed by atoms with Crippen LogP contribution in [0, 0.1) is 0 Å². The zero-order chi connectivity index (χ0) is 12.8. The molecule has 0 saturated carbocycles. The van der Waals surface area contributed by atoms with Gasteiger partial charge in [0.15, 0.2) is 9.84 Å². The Hall–Kier alpha value is -0.130. The zero-order valence-electron chi connectivity index (χ0n) is 11.0. The van der Waals surface area contributed by atoms with Gasteiger partial charge in [0.05, 0.1) is 5.75 Å². The second-order valence-corrected chi connectivity index (χ2v) is 6.93. The van der Waals surface area contributed by atoms with Gasteiger partial charge in [-0.25, -0.2) is 8.42 Å². The van der Waals surface area contributed by atoms with Crippen LogP contribution in [0.1, 0.15) is 33.6 Å². The van der Waals surface area contributed by atoms with Crippen molar-refractivity contribution in [3.8, 4) is 0 Å². The molecule has 1 unspecified atom stereocenters. The van der Waals surface area contributed by atoms with E-state index in [0.717, 1.165) is 6.42 Å². The van der Waals surface area contributed by atoms with Crippen LogP contribution >= 0.6 is 0 Å². The van der Waals surface area contributed by atoms with Gasteiger partial charge in [-0.15, -0.1) is 0 Å². The first-order valence-corrected chi connectivity index (χ1v) is 7.75. The summed E-state index contributed by atoms with van der Waals surface area (Å²) in [7, 11) is -0.944. The molecule has 4 nitrogen and oxygen atoms in total. The van der Waals surface area contributed by atoms with E-state index in [-0.39, 0.29) is 17.0 Å². The van der Waals surface area contributed by atoms with Gasteiger partial charge < -0.3 is 5.73 Å². The Morgan fingerprint density at radius 2 is 1.81 bits per heavy atom. The third-order valence-corrected chi connectivity index (χ3v) is 5.21. The maximum Gasteiger partial charge on any atom is 0.151 e. The lowest BCUT2D eigenvalue weighted by Crippen LogP contribution is -2.50. The lowest BCUT2D eigenvalue weighted by Gasteiger charge is -2.37. The summed E-state index contributed by atoms with van der Waals surface area (Å²) in [6.45, 7) is 7.14. The quantitative estimate of drug-likeness (QED) is 0.694.